The van der Waals surface area contributed by atoms with Crippen molar-refractivity contribution in [2.24, 2.45) is 0 Å². The SMILES string of the molecule is COc1ccc(OB(O)O)cc1O. The largest absolute Gasteiger partial charge is 0.707 e. The number of benzene rings is 1. The van der Waals surface area contributed by atoms with E-state index >= 15 is 0 Å². The van der Waals surface area contributed by atoms with Crippen molar-refractivity contribution in [1.29, 1.82) is 0 Å². The molecule has 1 rings (SSSR count). The monoisotopic (exact) mass is 184 g/mol. The number of rotatable bonds is 3. The molecule has 6 heteroatoms. The molecule has 0 atom stereocenters. The Morgan fingerprint density at radius 2 is 2.00 bits per heavy atom. The van der Waals surface area contributed by atoms with Gasteiger partial charge in [-0.15, -0.1) is 0 Å². The molecule has 0 spiro atoms. The first kappa shape index (κ1) is 9.69. The normalized spacial score (nSPS) is 9.46. The van der Waals surface area contributed by atoms with Crippen molar-refractivity contribution in [2.45, 2.75) is 0 Å². The maximum Gasteiger partial charge on any atom is 0.707 e. The minimum atomic E-state index is -1.90. The Bertz CT molecular complexity index is 288. The molecule has 70 valence electrons. The summed E-state index contributed by atoms with van der Waals surface area (Å²) in [7, 11) is -0.482. The fraction of sp³-hybridized carbons (Fsp3) is 0.143. The number of hydrogen-bond acceptors (Lipinski definition) is 5. The van der Waals surface area contributed by atoms with Crippen LogP contribution in [0.15, 0.2) is 18.2 Å². The maximum absolute atomic E-state index is 9.24. The highest BCUT2D eigenvalue weighted by Crippen LogP contribution is 2.29. The predicted molar refractivity (Wildman–Crippen MR) is 45.5 cm³/mol. The standard InChI is InChI=1S/C7H9BO5/c1-12-7-3-2-5(4-6(7)9)13-8(10)11/h2-4,9-11H,1H3. The van der Waals surface area contributed by atoms with Crippen molar-refractivity contribution in [1.82, 2.24) is 0 Å². The Balaban J connectivity index is 2.83. The lowest BCUT2D eigenvalue weighted by Crippen LogP contribution is -2.20. The lowest BCUT2D eigenvalue weighted by atomic mass is 10.2. The summed E-state index contributed by atoms with van der Waals surface area (Å²) in [5, 5.41) is 26.1. The van der Waals surface area contributed by atoms with E-state index in [1.165, 1.54) is 25.3 Å². The van der Waals surface area contributed by atoms with E-state index in [2.05, 4.69) is 4.65 Å². The summed E-state index contributed by atoms with van der Waals surface area (Å²) in [5.74, 6) is 0.314. The third-order valence-corrected chi connectivity index (χ3v) is 1.39. The molecule has 0 heterocycles. The highest BCUT2D eigenvalue weighted by Gasteiger charge is 2.12. The molecule has 0 aliphatic heterocycles. The summed E-state index contributed by atoms with van der Waals surface area (Å²) in [6.07, 6.45) is 0. The lowest BCUT2D eigenvalue weighted by molar-refractivity contribution is 0.287. The molecule has 5 nitrogen and oxygen atoms in total. The van der Waals surface area contributed by atoms with E-state index in [-0.39, 0.29) is 11.5 Å². The van der Waals surface area contributed by atoms with Crippen LogP contribution >= 0.6 is 0 Å². The molecule has 0 aliphatic carbocycles. The smallest absolute Gasteiger partial charge is 0.512 e. The van der Waals surface area contributed by atoms with Gasteiger partial charge in [-0.05, 0) is 12.1 Å². The van der Waals surface area contributed by atoms with Crippen molar-refractivity contribution >= 4 is 7.32 Å². The van der Waals surface area contributed by atoms with E-state index in [0.717, 1.165) is 0 Å². The first-order valence-electron chi connectivity index (χ1n) is 3.53. The van der Waals surface area contributed by atoms with E-state index in [9.17, 15) is 5.11 Å². The van der Waals surface area contributed by atoms with Crippen LogP contribution in [0.5, 0.6) is 17.2 Å². The molecule has 0 aliphatic rings. The molecule has 0 amide bonds. The van der Waals surface area contributed by atoms with E-state index in [1.54, 1.807) is 0 Å². The van der Waals surface area contributed by atoms with Gasteiger partial charge in [0.15, 0.2) is 11.5 Å². The molecule has 0 fully saturated rings. The second-order valence-corrected chi connectivity index (χ2v) is 2.28. The second-order valence-electron chi connectivity index (χ2n) is 2.28. The Morgan fingerprint density at radius 1 is 1.31 bits per heavy atom. The fourth-order valence-electron chi connectivity index (χ4n) is 0.865. The highest BCUT2D eigenvalue weighted by atomic mass is 16.6. The van der Waals surface area contributed by atoms with Gasteiger partial charge in [0, 0.05) is 6.07 Å². The Morgan fingerprint density at radius 3 is 2.46 bits per heavy atom. The molecule has 0 radical (unpaired) electrons. The molecule has 0 aromatic heterocycles. The van der Waals surface area contributed by atoms with Gasteiger partial charge in [-0.25, -0.2) is 0 Å². The van der Waals surface area contributed by atoms with Crippen LogP contribution in [-0.2, 0) is 0 Å². The summed E-state index contributed by atoms with van der Waals surface area (Å²) < 4.78 is 9.26. The van der Waals surface area contributed by atoms with Crippen molar-refractivity contribution in [3.8, 4) is 17.2 Å². The minimum Gasteiger partial charge on any atom is -0.512 e. The lowest BCUT2D eigenvalue weighted by Gasteiger charge is -2.07. The number of hydrogen-bond donors (Lipinski definition) is 3. The first-order valence-corrected chi connectivity index (χ1v) is 3.53. The van der Waals surface area contributed by atoms with Gasteiger partial charge in [0.2, 0.25) is 0 Å². The van der Waals surface area contributed by atoms with Gasteiger partial charge in [-0.2, -0.15) is 0 Å². The number of phenols is 1. The van der Waals surface area contributed by atoms with Crippen LogP contribution in [0, 0.1) is 0 Å². The third-order valence-electron chi connectivity index (χ3n) is 1.39. The van der Waals surface area contributed by atoms with Gasteiger partial charge < -0.3 is 24.5 Å². The quantitative estimate of drug-likeness (QED) is 0.564. The molecule has 3 N–H and O–H groups in total. The molecule has 0 bridgehead atoms. The van der Waals surface area contributed by atoms with Gasteiger partial charge in [0.05, 0.1) is 7.11 Å². The maximum atomic E-state index is 9.24. The fourth-order valence-corrected chi connectivity index (χ4v) is 0.865. The number of ether oxygens (including phenoxy) is 1. The third kappa shape index (κ3) is 2.53. The van der Waals surface area contributed by atoms with E-state index < -0.39 is 7.32 Å². The van der Waals surface area contributed by atoms with Crippen molar-refractivity contribution in [3.63, 3.8) is 0 Å². The van der Waals surface area contributed by atoms with Crippen molar-refractivity contribution < 1.29 is 24.5 Å². The molecular weight excluding hydrogens is 175 g/mol. The average Bonchev–Trinajstić information content (AvgIpc) is 2.03. The summed E-state index contributed by atoms with van der Waals surface area (Å²) in [6, 6.07) is 4.11. The molecule has 13 heavy (non-hydrogen) atoms. The Hall–Kier alpha value is -1.40. The van der Waals surface area contributed by atoms with Gasteiger partial charge in [0.25, 0.3) is 0 Å². The first-order chi connectivity index (χ1) is 6.13. The number of phenolic OH excluding ortho intramolecular Hbond substituents is 1. The Labute approximate surface area is 75.3 Å². The molecule has 1 aromatic rings. The molecule has 0 unspecified atom stereocenters. The van der Waals surface area contributed by atoms with Crippen LogP contribution in [0.3, 0.4) is 0 Å². The van der Waals surface area contributed by atoms with Crippen LogP contribution in [0.4, 0.5) is 0 Å². The van der Waals surface area contributed by atoms with E-state index in [0.29, 0.717) is 5.75 Å². The summed E-state index contributed by atoms with van der Waals surface area (Å²) in [6.45, 7) is 0. The van der Waals surface area contributed by atoms with E-state index in [4.69, 9.17) is 14.8 Å². The zero-order chi connectivity index (χ0) is 9.84. The predicted octanol–water partition coefficient (Wildman–Crippen LogP) is -0.251. The number of methoxy groups -OCH3 is 1. The van der Waals surface area contributed by atoms with Crippen LogP contribution in [0.2, 0.25) is 0 Å². The van der Waals surface area contributed by atoms with Crippen LogP contribution in [0.1, 0.15) is 0 Å². The van der Waals surface area contributed by atoms with Gasteiger partial charge in [0.1, 0.15) is 5.75 Å². The minimum absolute atomic E-state index is 0.124. The summed E-state index contributed by atoms with van der Waals surface area (Å²) >= 11 is 0. The summed E-state index contributed by atoms with van der Waals surface area (Å²) in [4.78, 5) is 0. The second kappa shape index (κ2) is 4.02. The van der Waals surface area contributed by atoms with Gasteiger partial charge >= 0.3 is 7.32 Å². The van der Waals surface area contributed by atoms with Crippen molar-refractivity contribution in [3.05, 3.63) is 18.2 Å². The Kier molecular flexibility index (Phi) is 3.00. The van der Waals surface area contributed by atoms with E-state index in [1.807, 2.05) is 0 Å². The van der Waals surface area contributed by atoms with Gasteiger partial charge in [-0.1, -0.05) is 0 Å². The van der Waals surface area contributed by atoms with Gasteiger partial charge in [-0.3, -0.25) is 0 Å². The zero-order valence-corrected chi connectivity index (χ0v) is 6.97. The van der Waals surface area contributed by atoms with Crippen molar-refractivity contribution in [2.75, 3.05) is 7.11 Å². The van der Waals surface area contributed by atoms with Crippen LogP contribution in [0.25, 0.3) is 0 Å². The topological polar surface area (TPSA) is 79.2 Å². The molecule has 1 aromatic carbocycles. The van der Waals surface area contributed by atoms with Crippen LogP contribution in [-0.4, -0.2) is 29.6 Å². The number of aromatic hydroxyl groups is 1. The zero-order valence-electron chi connectivity index (χ0n) is 6.97. The summed E-state index contributed by atoms with van der Waals surface area (Å²) in [5.41, 5.74) is 0. The average molecular weight is 184 g/mol. The van der Waals surface area contributed by atoms with Crippen LogP contribution < -0.4 is 9.39 Å². The highest BCUT2D eigenvalue weighted by molar-refractivity contribution is 6.33. The molecule has 0 saturated heterocycles. The molecule has 0 saturated carbocycles. The molecular formula is C7H9BO5.